The number of hydrogen-bond acceptors (Lipinski definition) is 3. The number of nitrogens with two attached hydrogens (primary N) is 1. The Balaban J connectivity index is 2.16. The molecule has 3 nitrogen and oxygen atoms in total. The van der Waals surface area contributed by atoms with Gasteiger partial charge in [-0.05, 0) is 23.8 Å². The third-order valence-corrected chi connectivity index (χ3v) is 2.82. The number of pyridine rings is 1. The van der Waals surface area contributed by atoms with E-state index in [1.807, 2.05) is 11.9 Å². The molecular weight excluding hydrogens is 253 g/mol. The van der Waals surface area contributed by atoms with Gasteiger partial charge in [0.15, 0.2) is 0 Å². The van der Waals surface area contributed by atoms with E-state index in [4.69, 9.17) is 17.3 Å². The van der Waals surface area contributed by atoms with Gasteiger partial charge >= 0.3 is 0 Å². The third-order valence-electron chi connectivity index (χ3n) is 2.54. The maximum Gasteiger partial charge on any atom is 0.147 e. The van der Waals surface area contributed by atoms with Crippen LogP contribution in [0.2, 0.25) is 5.02 Å². The molecule has 5 heteroatoms. The molecule has 0 saturated carbocycles. The third kappa shape index (κ3) is 2.90. The van der Waals surface area contributed by atoms with E-state index in [9.17, 15) is 4.39 Å². The van der Waals surface area contributed by atoms with Crippen molar-refractivity contribution in [3.63, 3.8) is 0 Å². The number of benzene rings is 1. The molecule has 2 N–H and O–H groups in total. The first-order valence-corrected chi connectivity index (χ1v) is 5.80. The summed E-state index contributed by atoms with van der Waals surface area (Å²) in [6.45, 7) is 0.594. The van der Waals surface area contributed by atoms with Gasteiger partial charge in [0.2, 0.25) is 0 Å². The molecule has 0 aliphatic carbocycles. The van der Waals surface area contributed by atoms with Crippen LogP contribution in [0.5, 0.6) is 0 Å². The van der Waals surface area contributed by atoms with Crippen LogP contribution in [-0.2, 0) is 6.54 Å². The standard InChI is InChI=1S/C13H13ClFN3/c1-18(8-9-2-4-10(15)5-3-9)13-12(14)6-11(16)7-17-13/h2-7H,8,16H2,1H3. The predicted molar refractivity (Wildman–Crippen MR) is 72.2 cm³/mol. The molecule has 0 spiro atoms. The zero-order chi connectivity index (χ0) is 13.1. The average molecular weight is 266 g/mol. The summed E-state index contributed by atoms with van der Waals surface area (Å²) in [5, 5.41) is 0.500. The SMILES string of the molecule is CN(Cc1ccc(F)cc1)c1ncc(N)cc1Cl. The molecule has 94 valence electrons. The van der Waals surface area contributed by atoms with Gasteiger partial charge in [0.05, 0.1) is 16.9 Å². The van der Waals surface area contributed by atoms with Crippen LogP contribution in [0.4, 0.5) is 15.9 Å². The Hall–Kier alpha value is -1.81. The highest BCUT2D eigenvalue weighted by Gasteiger charge is 2.08. The normalized spacial score (nSPS) is 10.4. The van der Waals surface area contributed by atoms with Crippen LogP contribution in [-0.4, -0.2) is 12.0 Å². The minimum absolute atomic E-state index is 0.245. The van der Waals surface area contributed by atoms with Crippen LogP contribution in [0.1, 0.15) is 5.56 Å². The summed E-state index contributed by atoms with van der Waals surface area (Å²) in [5.41, 5.74) is 7.10. The fraction of sp³-hybridized carbons (Fsp3) is 0.154. The molecule has 2 rings (SSSR count). The molecule has 0 bridgehead atoms. The highest BCUT2D eigenvalue weighted by Crippen LogP contribution is 2.25. The van der Waals surface area contributed by atoms with Crippen molar-refractivity contribution in [1.82, 2.24) is 4.98 Å². The van der Waals surface area contributed by atoms with Crippen molar-refractivity contribution in [2.75, 3.05) is 17.7 Å². The molecular formula is C13H13ClFN3. The first-order valence-electron chi connectivity index (χ1n) is 5.43. The van der Waals surface area contributed by atoms with Crippen LogP contribution in [0.25, 0.3) is 0 Å². The Morgan fingerprint density at radius 2 is 2.00 bits per heavy atom. The number of aromatic nitrogens is 1. The molecule has 2 aromatic rings. The van der Waals surface area contributed by atoms with Gasteiger partial charge in [-0.3, -0.25) is 0 Å². The van der Waals surface area contributed by atoms with Crippen molar-refractivity contribution in [3.05, 3.63) is 52.9 Å². The lowest BCUT2D eigenvalue weighted by atomic mass is 10.2. The smallest absolute Gasteiger partial charge is 0.147 e. The Bertz CT molecular complexity index is 542. The quantitative estimate of drug-likeness (QED) is 0.927. The Kier molecular flexibility index (Phi) is 3.67. The minimum Gasteiger partial charge on any atom is -0.397 e. The second-order valence-electron chi connectivity index (χ2n) is 4.06. The summed E-state index contributed by atoms with van der Waals surface area (Å²) in [6, 6.07) is 7.99. The summed E-state index contributed by atoms with van der Waals surface area (Å²) in [4.78, 5) is 6.07. The number of nitrogen functional groups attached to an aromatic ring is 1. The number of hydrogen-bond donors (Lipinski definition) is 1. The molecule has 0 atom stereocenters. The predicted octanol–water partition coefficient (Wildman–Crippen LogP) is 3.09. The van der Waals surface area contributed by atoms with Crippen LogP contribution >= 0.6 is 11.6 Å². The van der Waals surface area contributed by atoms with Crippen molar-refractivity contribution in [1.29, 1.82) is 0 Å². The zero-order valence-corrected chi connectivity index (χ0v) is 10.7. The fourth-order valence-corrected chi connectivity index (χ4v) is 1.98. The van der Waals surface area contributed by atoms with Crippen molar-refractivity contribution in [3.8, 4) is 0 Å². The number of anilines is 2. The fourth-order valence-electron chi connectivity index (χ4n) is 1.66. The van der Waals surface area contributed by atoms with Gasteiger partial charge < -0.3 is 10.6 Å². The summed E-state index contributed by atoms with van der Waals surface area (Å²) < 4.78 is 12.8. The van der Waals surface area contributed by atoms with Gasteiger partial charge in [-0.15, -0.1) is 0 Å². The molecule has 0 unspecified atom stereocenters. The molecule has 0 aliphatic rings. The molecule has 1 aromatic carbocycles. The Morgan fingerprint density at radius 1 is 1.33 bits per heavy atom. The van der Waals surface area contributed by atoms with Gasteiger partial charge in [0.25, 0.3) is 0 Å². The lowest BCUT2D eigenvalue weighted by Crippen LogP contribution is -2.18. The van der Waals surface area contributed by atoms with E-state index in [1.54, 1.807) is 24.4 Å². The molecule has 0 saturated heterocycles. The van der Waals surface area contributed by atoms with E-state index in [1.165, 1.54) is 12.1 Å². The van der Waals surface area contributed by atoms with Crippen LogP contribution in [0.3, 0.4) is 0 Å². The lowest BCUT2D eigenvalue weighted by molar-refractivity contribution is 0.627. The van der Waals surface area contributed by atoms with Crippen molar-refractivity contribution in [2.45, 2.75) is 6.54 Å². The van der Waals surface area contributed by atoms with Crippen molar-refractivity contribution in [2.24, 2.45) is 0 Å². The molecule has 0 amide bonds. The van der Waals surface area contributed by atoms with Gasteiger partial charge in [-0.25, -0.2) is 9.37 Å². The van der Waals surface area contributed by atoms with E-state index in [0.29, 0.717) is 23.1 Å². The van der Waals surface area contributed by atoms with Crippen LogP contribution in [0.15, 0.2) is 36.5 Å². The molecule has 0 fully saturated rings. The molecule has 0 aliphatic heterocycles. The van der Waals surface area contributed by atoms with Crippen molar-refractivity contribution >= 4 is 23.1 Å². The van der Waals surface area contributed by atoms with E-state index in [-0.39, 0.29) is 5.82 Å². The summed E-state index contributed by atoms with van der Waals surface area (Å²) in [7, 11) is 1.87. The summed E-state index contributed by atoms with van der Waals surface area (Å²) in [5.74, 6) is 0.403. The molecule has 0 radical (unpaired) electrons. The van der Waals surface area contributed by atoms with E-state index < -0.39 is 0 Å². The second kappa shape index (κ2) is 5.23. The number of nitrogens with zero attached hydrogens (tertiary/aromatic N) is 2. The lowest BCUT2D eigenvalue weighted by Gasteiger charge is -2.19. The van der Waals surface area contributed by atoms with E-state index in [0.717, 1.165) is 5.56 Å². The second-order valence-corrected chi connectivity index (χ2v) is 4.46. The Morgan fingerprint density at radius 3 is 2.61 bits per heavy atom. The highest BCUT2D eigenvalue weighted by atomic mass is 35.5. The first kappa shape index (κ1) is 12.6. The molecule has 18 heavy (non-hydrogen) atoms. The maximum atomic E-state index is 12.8. The van der Waals surface area contributed by atoms with Gasteiger partial charge in [-0.1, -0.05) is 23.7 Å². The number of rotatable bonds is 3. The van der Waals surface area contributed by atoms with Crippen LogP contribution < -0.4 is 10.6 Å². The molecule has 1 aromatic heterocycles. The summed E-state index contributed by atoms with van der Waals surface area (Å²) in [6.07, 6.45) is 1.56. The van der Waals surface area contributed by atoms with Crippen molar-refractivity contribution < 1.29 is 4.39 Å². The summed E-state index contributed by atoms with van der Waals surface area (Å²) >= 11 is 6.07. The van der Waals surface area contributed by atoms with Gasteiger partial charge in [-0.2, -0.15) is 0 Å². The Labute approximate surface area is 110 Å². The minimum atomic E-state index is -0.245. The van der Waals surface area contributed by atoms with E-state index in [2.05, 4.69) is 4.98 Å². The maximum absolute atomic E-state index is 12.8. The number of halogens is 2. The van der Waals surface area contributed by atoms with Gasteiger partial charge in [0, 0.05) is 13.6 Å². The topological polar surface area (TPSA) is 42.2 Å². The zero-order valence-electron chi connectivity index (χ0n) is 9.90. The van der Waals surface area contributed by atoms with E-state index >= 15 is 0 Å². The van der Waals surface area contributed by atoms with Gasteiger partial charge in [0.1, 0.15) is 11.6 Å². The van der Waals surface area contributed by atoms with Crippen LogP contribution in [0, 0.1) is 5.82 Å². The highest BCUT2D eigenvalue weighted by molar-refractivity contribution is 6.33. The molecule has 1 heterocycles. The average Bonchev–Trinajstić information content (AvgIpc) is 2.32. The first-order chi connectivity index (χ1) is 8.56. The largest absolute Gasteiger partial charge is 0.397 e. The monoisotopic (exact) mass is 265 g/mol.